The van der Waals surface area contributed by atoms with Gasteiger partial charge in [0.25, 0.3) is 0 Å². The molecule has 1 N–H and O–H groups in total. The maximum Gasteiger partial charge on any atom is 0.359 e. The van der Waals surface area contributed by atoms with Crippen LogP contribution in [0.4, 0.5) is 0 Å². The molecule has 0 saturated heterocycles. The van der Waals surface area contributed by atoms with E-state index in [4.69, 9.17) is 9.47 Å². The highest BCUT2D eigenvalue weighted by Gasteiger charge is 2.24. The van der Waals surface area contributed by atoms with E-state index < -0.39 is 11.9 Å². The number of hydrogen-bond acceptors (Lipinski definition) is 6. The van der Waals surface area contributed by atoms with E-state index in [0.717, 1.165) is 12.2 Å². The van der Waals surface area contributed by atoms with Gasteiger partial charge in [0.2, 0.25) is 0 Å². The molecule has 0 atom stereocenters. The van der Waals surface area contributed by atoms with E-state index in [0.29, 0.717) is 5.16 Å². The van der Waals surface area contributed by atoms with E-state index in [1.807, 2.05) is 0 Å². The highest BCUT2D eigenvalue weighted by atomic mass is 32.2. The van der Waals surface area contributed by atoms with Gasteiger partial charge in [0.05, 0.1) is 13.2 Å². The first-order chi connectivity index (χ1) is 10.6. The van der Waals surface area contributed by atoms with Gasteiger partial charge in [-0.05, 0) is 20.3 Å². The lowest BCUT2D eigenvalue weighted by atomic mass is 10.2. The minimum Gasteiger partial charge on any atom is -0.461 e. The quantitative estimate of drug-likeness (QED) is 0.402. The molecule has 1 rings (SSSR count). The fourth-order valence-corrected chi connectivity index (χ4v) is 2.69. The summed E-state index contributed by atoms with van der Waals surface area (Å²) in [7, 11) is 0. The molecule has 1 aromatic rings. The van der Waals surface area contributed by atoms with E-state index in [9.17, 15) is 9.59 Å². The second-order valence-electron chi connectivity index (χ2n) is 4.62. The summed E-state index contributed by atoms with van der Waals surface area (Å²) in [6.07, 6.45) is 4.63. The van der Waals surface area contributed by atoms with Crippen molar-refractivity contribution in [3.8, 4) is 0 Å². The second kappa shape index (κ2) is 10.3. The molecule has 0 aromatic carbocycles. The predicted molar refractivity (Wildman–Crippen MR) is 85.4 cm³/mol. The molecule has 0 unspecified atom stereocenters. The molecule has 0 bridgehead atoms. The van der Waals surface area contributed by atoms with Gasteiger partial charge in [-0.3, -0.25) is 0 Å². The topological polar surface area (TPSA) is 81.3 Å². The van der Waals surface area contributed by atoms with Gasteiger partial charge >= 0.3 is 11.9 Å². The lowest BCUT2D eigenvalue weighted by Crippen LogP contribution is -2.13. The predicted octanol–water partition coefficient (Wildman–Crippen LogP) is 3.44. The highest BCUT2D eigenvalue weighted by Crippen LogP contribution is 2.20. The average Bonchev–Trinajstić information content (AvgIpc) is 2.92. The number of carbonyl (C=O) groups excluding carboxylic acids is 2. The average molecular weight is 328 g/mol. The molecule has 0 amide bonds. The van der Waals surface area contributed by atoms with Crippen molar-refractivity contribution in [3.63, 3.8) is 0 Å². The number of hydrogen-bond donors (Lipinski definition) is 1. The summed E-state index contributed by atoms with van der Waals surface area (Å²) < 4.78 is 9.87. The van der Waals surface area contributed by atoms with Crippen LogP contribution in [0.3, 0.4) is 0 Å². The monoisotopic (exact) mass is 328 g/mol. The van der Waals surface area contributed by atoms with Gasteiger partial charge < -0.3 is 14.5 Å². The van der Waals surface area contributed by atoms with E-state index in [1.54, 1.807) is 13.8 Å². The van der Waals surface area contributed by atoms with Crippen LogP contribution in [0.5, 0.6) is 0 Å². The molecule has 124 valence electrons. The van der Waals surface area contributed by atoms with E-state index >= 15 is 0 Å². The summed E-state index contributed by atoms with van der Waals surface area (Å²) in [5.41, 5.74) is 0.0627. The first-order valence-electron chi connectivity index (χ1n) is 7.71. The Labute approximate surface area is 135 Å². The number of ether oxygens (including phenoxy) is 2. The summed E-state index contributed by atoms with van der Waals surface area (Å²) in [6.45, 7) is 6.05. The molecule has 0 aliphatic carbocycles. The Morgan fingerprint density at radius 1 is 1.05 bits per heavy atom. The van der Waals surface area contributed by atoms with Crippen LogP contribution < -0.4 is 0 Å². The van der Waals surface area contributed by atoms with Gasteiger partial charge in [-0.25, -0.2) is 14.6 Å². The van der Waals surface area contributed by atoms with Gasteiger partial charge in [0.1, 0.15) is 0 Å². The summed E-state index contributed by atoms with van der Waals surface area (Å²) in [5.74, 6) is -0.312. The number of esters is 2. The summed E-state index contributed by atoms with van der Waals surface area (Å²) >= 11 is 1.49. The summed E-state index contributed by atoms with van der Waals surface area (Å²) in [6, 6.07) is 0. The first kappa shape index (κ1) is 18.5. The van der Waals surface area contributed by atoms with E-state index in [2.05, 4.69) is 16.9 Å². The Bertz CT molecular complexity index is 452. The van der Waals surface area contributed by atoms with Gasteiger partial charge in [-0.1, -0.05) is 37.9 Å². The van der Waals surface area contributed by atoms with Crippen molar-refractivity contribution >= 4 is 23.7 Å². The number of imidazole rings is 1. The minimum atomic E-state index is -0.611. The van der Waals surface area contributed by atoms with Crippen molar-refractivity contribution in [2.24, 2.45) is 0 Å². The molecule has 0 radical (unpaired) electrons. The third-order valence-corrected chi connectivity index (χ3v) is 3.83. The van der Waals surface area contributed by atoms with E-state index in [-0.39, 0.29) is 24.6 Å². The van der Waals surface area contributed by atoms with Crippen molar-refractivity contribution in [2.75, 3.05) is 19.0 Å². The SMILES string of the molecule is CCCCCCSc1nc(C(=O)OCC)c(C(=O)OCC)[nH]1. The van der Waals surface area contributed by atoms with Crippen LogP contribution in [-0.4, -0.2) is 40.9 Å². The fourth-order valence-electron chi connectivity index (χ4n) is 1.82. The zero-order valence-corrected chi connectivity index (χ0v) is 14.3. The lowest BCUT2D eigenvalue weighted by Gasteiger charge is -2.01. The second-order valence-corrected chi connectivity index (χ2v) is 5.70. The molecule has 0 aliphatic heterocycles. The fraction of sp³-hybridized carbons (Fsp3) is 0.667. The number of thioether (sulfide) groups is 1. The number of nitrogens with zero attached hydrogens (tertiary/aromatic N) is 1. The number of rotatable bonds is 10. The summed E-state index contributed by atoms with van der Waals surface area (Å²) in [4.78, 5) is 30.8. The lowest BCUT2D eigenvalue weighted by molar-refractivity contribution is 0.0471. The Morgan fingerprint density at radius 3 is 2.36 bits per heavy atom. The third-order valence-electron chi connectivity index (χ3n) is 2.87. The number of carbonyl (C=O) groups is 2. The largest absolute Gasteiger partial charge is 0.461 e. The molecule has 0 spiro atoms. The van der Waals surface area contributed by atoms with Crippen molar-refractivity contribution in [2.45, 2.75) is 51.6 Å². The van der Waals surface area contributed by atoms with Gasteiger partial charge in [0.15, 0.2) is 16.5 Å². The van der Waals surface area contributed by atoms with Gasteiger partial charge in [0, 0.05) is 5.75 Å². The molecule has 1 heterocycles. The normalized spacial score (nSPS) is 10.5. The van der Waals surface area contributed by atoms with Crippen LogP contribution in [-0.2, 0) is 9.47 Å². The third kappa shape index (κ3) is 5.71. The molecular weight excluding hydrogens is 304 g/mol. The molecule has 0 fully saturated rings. The molecular formula is C15H24N2O4S. The van der Waals surface area contributed by atoms with Crippen molar-refractivity contribution in [1.82, 2.24) is 9.97 Å². The van der Waals surface area contributed by atoms with Crippen LogP contribution in [0.1, 0.15) is 67.4 Å². The van der Waals surface area contributed by atoms with Crippen molar-refractivity contribution < 1.29 is 19.1 Å². The molecule has 1 aromatic heterocycles. The number of nitrogens with one attached hydrogen (secondary N) is 1. The van der Waals surface area contributed by atoms with Crippen LogP contribution in [0.15, 0.2) is 5.16 Å². The number of aromatic amines is 1. The minimum absolute atomic E-state index is 0.00337. The highest BCUT2D eigenvalue weighted by molar-refractivity contribution is 7.99. The standard InChI is InChI=1S/C15H24N2O4S/c1-4-7-8-9-10-22-15-16-11(13(18)20-5-2)12(17-15)14(19)21-6-3/h4-10H2,1-3H3,(H,16,17). The zero-order valence-electron chi connectivity index (χ0n) is 13.4. The molecule has 0 saturated carbocycles. The zero-order chi connectivity index (χ0) is 16.4. The van der Waals surface area contributed by atoms with E-state index in [1.165, 1.54) is 31.0 Å². The molecule has 7 heteroatoms. The van der Waals surface area contributed by atoms with Crippen molar-refractivity contribution in [3.05, 3.63) is 11.4 Å². The van der Waals surface area contributed by atoms with Gasteiger partial charge in [-0.15, -0.1) is 0 Å². The number of aromatic nitrogens is 2. The number of unbranched alkanes of at least 4 members (excludes halogenated alkanes) is 3. The maximum absolute atomic E-state index is 11.9. The summed E-state index contributed by atoms with van der Waals surface area (Å²) in [5, 5.41) is 0.544. The van der Waals surface area contributed by atoms with Crippen LogP contribution in [0.25, 0.3) is 0 Å². The Balaban J connectivity index is 2.76. The van der Waals surface area contributed by atoms with Crippen LogP contribution in [0, 0.1) is 0 Å². The first-order valence-corrected chi connectivity index (χ1v) is 8.69. The van der Waals surface area contributed by atoms with Crippen LogP contribution in [0.2, 0.25) is 0 Å². The van der Waals surface area contributed by atoms with Crippen molar-refractivity contribution in [1.29, 1.82) is 0 Å². The molecule has 0 aliphatic rings. The number of H-pyrrole nitrogens is 1. The smallest absolute Gasteiger partial charge is 0.359 e. The Kier molecular flexibility index (Phi) is 8.65. The maximum atomic E-state index is 11.9. The molecule has 22 heavy (non-hydrogen) atoms. The molecule has 6 nitrogen and oxygen atoms in total. The van der Waals surface area contributed by atoms with Gasteiger partial charge in [-0.2, -0.15) is 0 Å². The van der Waals surface area contributed by atoms with Crippen LogP contribution >= 0.6 is 11.8 Å². The Hall–Kier alpha value is -1.50. The Morgan fingerprint density at radius 2 is 1.73 bits per heavy atom.